The Labute approximate surface area is 139 Å². The second-order valence-corrected chi connectivity index (χ2v) is 5.50. The summed E-state index contributed by atoms with van der Waals surface area (Å²) in [4.78, 5) is 28.2. The monoisotopic (exact) mass is 323 g/mol. The SMILES string of the molecule is COC(=O)c1cccc(NC(=O)Cc2cn3ccc(C)cc3n2)c1. The summed E-state index contributed by atoms with van der Waals surface area (Å²) < 4.78 is 6.55. The van der Waals surface area contributed by atoms with E-state index in [-0.39, 0.29) is 12.3 Å². The van der Waals surface area contributed by atoms with E-state index in [9.17, 15) is 9.59 Å². The second kappa shape index (κ2) is 6.54. The quantitative estimate of drug-likeness (QED) is 0.749. The Hall–Kier alpha value is -3.15. The number of fused-ring (bicyclic) bond motifs is 1. The number of pyridine rings is 1. The minimum absolute atomic E-state index is 0.156. The summed E-state index contributed by atoms with van der Waals surface area (Å²) in [7, 11) is 1.32. The van der Waals surface area contributed by atoms with Crippen molar-refractivity contribution in [3.63, 3.8) is 0 Å². The zero-order valence-corrected chi connectivity index (χ0v) is 13.4. The summed E-state index contributed by atoms with van der Waals surface area (Å²) >= 11 is 0. The van der Waals surface area contributed by atoms with Crippen LogP contribution in [0.4, 0.5) is 5.69 Å². The fraction of sp³-hybridized carbons (Fsp3) is 0.167. The van der Waals surface area contributed by atoms with Crippen LogP contribution in [0.2, 0.25) is 0 Å². The highest BCUT2D eigenvalue weighted by Gasteiger charge is 2.10. The predicted molar refractivity (Wildman–Crippen MR) is 90.0 cm³/mol. The Kier molecular flexibility index (Phi) is 4.29. The maximum Gasteiger partial charge on any atom is 0.337 e. The number of methoxy groups -OCH3 is 1. The molecule has 0 radical (unpaired) electrons. The molecule has 3 aromatic rings. The molecule has 24 heavy (non-hydrogen) atoms. The molecule has 0 bridgehead atoms. The standard InChI is InChI=1S/C18H17N3O3/c1-12-6-7-21-11-15(19-16(21)8-12)10-17(22)20-14-5-3-4-13(9-14)18(23)24-2/h3-9,11H,10H2,1-2H3,(H,20,22). The Balaban J connectivity index is 1.71. The smallest absolute Gasteiger partial charge is 0.337 e. The van der Waals surface area contributed by atoms with E-state index >= 15 is 0 Å². The normalized spacial score (nSPS) is 10.6. The fourth-order valence-corrected chi connectivity index (χ4v) is 2.43. The van der Waals surface area contributed by atoms with Gasteiger partial charge >= 0.3 is 5.97 Å². The van der Waals surface area contributed by atoms with Crippen molar-refractivity contribution in [1.82, 2.24) is 9.38 Å². The summed E-state index contributed by atoms with van der Waals surface area (Å²) in [6, 6.07) is 10.6. The summed E-state index contributed by atoms with van der Waals surface area (Å²) in [6.07, 6.45) is 3.90. The van der Waals surface area contributed by atoms with E-state index in [0.717, 1.165) is 11.2 Å². The van der Waals surface area contributed by atoms with Gasteiger partial charge in [-0.05, 0) is 42.8 Å². The molecule has 0 fully saturated rings. The average Bonchev–Trinajstić information content (AvgIpc) is 2.95. The predicted octanol–water partition coefficient (Wildman–Crippen LogP) is 2.61. The van der Waals surface area contributed by atoms with Gasteiger partial charge in [0, 0.05) is 18.1 Å². The Morgan fingerprint density at radius 3 is 2.88 bits per heavy atom. The van der Waals surface area contributed by atoms with Crippen molar-refractivity contribution in [2.45, 2.75) is 13.3 Å². The number of ether oxygens (including phenoxy) is 1. The third kappa shape index (κ3) is 3.43. The number of carbonyl (C=O) groups is 2. The Morgan fingerprint density at radius 1 is 1.25 bits per heavy atom. The van der Waals surface area contributed by atoms with Crippen LogP contribution in [-0.2, 0) is 16.0 Å². The van der Waals surface area contributed by atoms with Crippen LogP contribution >= 0.6 is 0 Å². The van der Waals surface area contributed by atoms with Crippen molar-refractivity contribution >= 4 is 23.2 Å². The number of imidazole rings is 1. The molecule has 1 aromatic carbocycles. The van der Waals surface area contributed by atoms with Crippen LogP contribution < -0.4 is 5.32 Å². The number of amides is 1. The van der Waals surface area contributed by atoms with Crippen molar-refractivity contribution in [3.05, 3.63) is 65.6 Å². The summed E-state index contributed by atoms with van der Waals surface area (Å²) in [5.74, 6) is -0.640. The highest BCUT2D eigenvalue weighted by Crippen LogP contribution is 2.13. The molecule has 0 unspecified atom stereocenters. The van der Waals surface area contributed by atoms with Gasteiger partial charge in [0.05, 0.1) is 24.8 Å². The van der Waals surface area contributed by atoms with E-state index in [4.69, 9.17) is 0 Å². The maximum atomic E-state index is 12.2. The van der Waals surface area contributed by atoms with Crippen molar-refractivity contribution in [3.8, 4) is 0 Å². The first-order valence-corrected chi connectivity index (χ1v) is 7.47. The van der Waals surface area contributed by atoms with Gasteiger partial charge in [-0.1, -0.05) is 6.07 Å². The molecule has 0 aliphatic rings. The van der Waals surface area contributed by atoms with Crippen LogP contribution in [0.25, 0.3) is 5.65 Å². The number of benzene rings is 1. The number of aryl methyl sites for hydroxylation is 1. The van der Waals surface area contributed by atoms with Gasteiger partial charge in [0.15, 0.2) is 0 Å². The number of nitrogens with zero attached hydrogens (tertiary/aromatic N) is 2. The molecule has 3 rings (SSSR count). The number of hydrogen-bond acceptors (Lipinski definition) is 4. The number of hydrogen-bond donors (Lipinski definition) is 1. The number of carbonyl (C=O) groups excluding carboxylic acids is 2. The third-order valence-corrected chi connectivity index (χ3v) is 3.57. The van der Waals surface area contributed by atoms with Crippen LogP contribution in [0, 0.1) is 6.92 Å². The van der Waals surface area contributed by atoms with Gasteiger partial charge in [-0.2, -0.15) is 0 Å². The van der Waals surface area contributed by atoms with Crippen molar-refractivity contribution < 1.29 is 14.3 Å². The lowest BCUT2D eigenvalue weighted by Gasteiger charge is -2.05. The van der Waals surface area contributed by atoms with Crippen LogP contribution in [0.15, 0.2) is 48.8 Å². The molecule has 0 saturated heterocycles. The number of anilines is 1. The first-order valence-electron chi connectivity index (χ1n) is 7.47. The zero-order valence-electron chi connectivity index (χ0n) is 13.4. The summed E-state index contributed by atoms with van der Waals surface area (Å²) in [5, 5.41) is 2.77. The largest absolute Gasteiger partial charge is 0.465 e. The van der Waals surface area contributed by atoms with E-state index in [1.165, 1.54) is 7.11 Å². The summed E-state index contributed by atoms with van der Waals surface area (Å²) in [5.41, 5.74) is 3.54. The molecule has 0 aliphatic heterocycles. The van der Waals surface area contributed by atoms with Gasteiger partial charge in [0.1, 0.15) is 5.65 Å². The highest BCUT2D eigenvalue weighted by molar-refractivity contribution is 5.95. The molecule has 6 heteroatoms. The molecular weight excluding hydrogens is 306 g/mol. The fourth-order valence-electron chi connectivity index (χ4n) is 2.43. The van der Waals surface area contributed by atoms with Gasteiger partial charge in [-0.3, -0.25) is 4.79 Å². The highest BCUT2D eigenvalue weighted by atomic mass is 16.5. The van der Waals surface area contributed by atoms with E-state index in [2.05, 4.69) is 15.0 Å². The molecule has 122 valence electrons. The lowest BCUT2D eigenvalue weighted by Crippen LogP contribution is -2.15. The molecule has 0 aliphatic carbocycles. The number of nitrogens with one attached hydrogen (secondary N) is 1. The first-order chi connectivity index (χ1) is 11.5. The number of esters is 1. The lowest BCUT2D eigenvalue weighted by atomic mass is 10.2. The van der Waals surface area contributed by atoms with E-state index in [0.29, 0.717) is 16.9 Å². The van der Waals surface area contributed by atoms with E-state index in [1.807, 2.05) is 35.9 Å². The van der Waals surface area contributed by atoms with Gasteiger partial charge in [-0.25, -0.2) is 9.78 Å². The van der Waals surface area contributed by atoms with Crippen LogP contribution in [-0.4, -0.2) is 28.4 Å². The molecule has 0 spiro atoms. The minimum Gasteiger partial charge on any atom is -0.465 e. The van der Waals surface area contributed by atoms with Crippen molar-refractivity contribution in [2.75, 3.05) is 12.4 Å². The van der Waals surface area contributed by atoms with Crippen molar-refractivity contribution in [2.24, 2.45) is 0 Å². The molecule has 6 nitrogen and oxygen atoms in total. The van der Waals surface area contributed by atoms with Crippen molar-refractivity contribution in [1.29, 1.82) is 0 Å². The van der Waals surface area contributed by atoms with Crippen LogP contribution in [0.5, 0.6) is 0 Å². The number of aromatic nitrogens is 2. The van der Waals surface area contributed by atoms with E-state index in [1.54, 1.807) is 24.3 Å². The van der Waals surface area contributed by atoms with E-state index < -0.39 is 5.97 Å². The van der Waals surface area contributed by atoms with Gasteiger partial charge in [-0.15, -0.1) is 0 Å². The molecule has 1 N–H and O–H groups in total. The van der Waals surface area contributed by atoms with Gasteiger partial charge in [0.25, 0.3) is 0 Å². The number of rotatable bonds is 4. The van der Waals surface area contributed by atoms with Crippen LogP contribution in [0.3, 0.4) is 0 Å². The molecule has 0 saturated carbocycles. The molecule has 2 heterocycles. The zero-order chi connectivity index (χ0) is 17.1. The lowest BCUT2D eigenvalue weighted by molar-refractivity contribution is -0.115. The summed E-state index contributed by atoms with van der Waals surface area (Å²) in [6.45, 7) is 2.00. The second-order valence-electron chi connectivity index (χ2n) is 5.50. The maximum absolute atomic E-state index is 12.2. The molecular formula is C18H17N3O3. The average molecular weight is 323 g/mol. The first kappa shape index (κ1) is 15.7. The minimum atomic E-state index is -0.443. The Bertz CT molecular complexity index is 915. The molecule has 2 aromatic heterocycles. The topological polar surface area (TPSA) is 72.7 Å². The van der Waals surface area contributed by atoms with Gasteiger partial charge < -0.3 is 14.5 Å². The van der Waals surface area contributed by atoms with Crippen LogP contribution in [0.1, 0.15) is 21.6 Å². The van der Waals surface area contributed by atoms with Gasteiger partial charge in [0.2, 0.25) is 5.91 Å². The molecule has 1 amide bonds. The molecule has 0 atom stereocenters. The Morgan fingerprint density at radius 2 is 2.08 bits per heavy atom. The third-order valence-electron chi connectivity index (χ3n) is 3.57.